The van der Waals surface area contributed by atoms with Crippen molar-refractivity contribution >= 4 is 15.9 Å². The average molecular weight is 314 g/mol. The summed E-state index contributed by atoms with van der Waals surface area (Å²) in [5, 5.41) is 2.53. The molecule has 0 spiro atoms. The van der Waals surface area contributed by atoms with Crippen LogP contribution in [0.2, 0.25) is 0 Å². The third kappa shape index (κ3) is 5.02. The van der Waals surface area contributed by atoms with Crippen molar-refractivity contribution in [3.63, 3.8) is 0 Å². The van der Waals surface area contributed by atoms with Crippen LogP contribution in [0.15, 0.2) is 23.1 Å². The minimum Gasteiger partial charge on any atom is -0.495 e. The minimum absolute atomic E-state index is 0.0947. The van der Waals surface area contributed by atoms with Gasteiger partial charge in [0.1, 0.15) is 10.6 Å². The van der Waals surface area contributed by atoms with E-state index in [9.17, 15) is 13.2 Å². The first-order chi connectivity index (χ1) is 9.77. The van der Waals surface area contributed by atoms with Gasteiger partial charge in [0.2, 0.25) is 15.9 Å². The van der Waals surface area contributed by atoms with Crippen LogP contribution in [0.5, 0.6) is 5.75 Å². The van der Waals surface area contributed by atoms with Crippen LogP contribution in [0.1, 0.15) is 32.3 Å². The van der Waals surface area contributed by atoms with Gasteiger partial charge in [-0.2, -0.15) is 0 Å². The summed E-state index contributed by atoms with van der Waals surface area (Å²) < 4.78 is 32.1. The Bertz CT molecular complexity index is 597. The van der Waals surface area contributed by atoms with Crippen molar-refractivity contribution in [2.75, 3.05) is 20.2 Å². The Morgan fingerprint density at radius 3 is 2.48 bits per heavy atom. The van der Waals surface area contributed by atoms with Gasteiger partial charge >= 0.3 is 0 Å². The smallest absolute Gasteiger partial charge is 0.244 e. The van der Waals surface area contributed by atoms with Crippen LogP contribution in [-0.4, -0.2) is 34.5 Å². The average Bonchev–Trinajstić information content (AvgIpc) is 2.42. The number of amides is 1. The van der Waals surface area contributed by atoms with Crippen LogP contribution >= 0.6 is 0 Å². The third-order valence-electron chi connectivity index (χ3n) is 2.93. The van der Waals surface area contributed by atoms with Crippen LogP contribution < -0.4 is 14.8 Å². The van der Waals surface area contributed by atoms with Crippen LogP contribution in [0.3, 0.4) is 0 Å². The normalized spacial score (nSPS) is 11.5. The number of hydrogen-bond acceptors (Lipinski definition) is 4. The SMILES string of the molecule is COc1cc(C(C)C)ccc1S(=O)(=O)NCCNC(C)=O. The second kappa shape index (κ2) is 7.42. The van der Waals surface area contributed by atoms with Gasteiger partial charge in [0.05, 0.1) is 7.11 Å². The molecule has 0 bridgehead atoms. The lowest BCUT2D eigenvalue weighted by Crippen LogP contribution is -2.33. The standard InChI is InChI=1S/C14H22N2O4S/c1-10(2)12-5-6-14(13(9-12)20-4)21(18,19)16-8-7-15-11(3)17/h5-6,9-10,16H,7-8H2,1-4H3,(H,15,17). The number of rotatable bonds is 7. The zero-order chi connectivity index (χ0) is 16.0. The first kappa shape index (κ1) is 17.5. The first-order valence-electron chi connectivity index (χ1n) is 6.70. The Labute approximate surface area is 125 Å². The first-order valence-corrected chi connectivity index (χ1v) is 8.18. The van der Waals surface area contributed by atoms with Crippen molar-refractivity contribution in [2.45, 2.75) is 31.6 Å². The maximum absolute atomic E-state index is 12.2. The van der Waals surface area contributed by atoms with Crippen LogP contribution in [0.25, 0.3) is 0 Å². The molecule has 1 rings (SSSR count). The highest BCUT2D eigenvalue weighted by molar-refractivity contribution is 7.89. The van der Waals surface area contributed by atoms with E-state index in [1.54, 1.807) is 12.1 Å². The Kier molecular flexibility index (Phi) is 6.17. The van der Waals surface area contributed by atoms with Crippen molar-refractivity contribution in [3.8, 4) is 5.75 Å². The third-order valence-corrected chi connectivity index (χ3v) is 4.44. The van der Waals surface area contributed by atoms with E-state index < -0.39 is 10.0 Å². The Hall–Kier alpha value is -1.60. The molecule has 7 heteroatoms. The second-order valence-electron chi connectivity index (χ2n) is 4.95. The Balaban J connectivity index is 2.89. The van der Waals surface area contributed by atoms with E-state index in [4.69, 9.17) is 4.74 Å². The quantitative estimate of drug-likeness (QED) is 0.742. The van der Waals surface area contributed by atoms with Crippen molar-refractivity contribution < 1.29 is 17.9 Å². The topological polar surface area (TPSA) is 84.5 Å². The maximum atomic E-state index is 12.2. The van der Waals surface area contributed by atoms with E-state index >= 15 is 0 Å². The van der Waals surface area contributed by atoms with Gasteiger partial charge in [0, 0.05) is 20.0 Å². The summed E-state index contributed by atoms with van der Waals surface area (Å²) >= 11 is 0. The van der Waals surface area contributed by atoms with Gasteiger partial charge < -0.3 is 10.1 Å². The molecule has 0 heterocycles. The number of nitrogens with one attached hydrogen (secondary N) is 2. The molecule has 0 radical (unpaired) electrons. The van der Waals surface area contributed by atoms with E-state index in [2.05, 4.69) is 10.0 Å². The lowest BCUT2D eigenvalue weighted by Gasteiger charge is -2.13. The van der Waals surface area contributed by atoms with Crippen LogP contribution in [-0.2, 0) is 14.8 Å². The lowest BCUT2D eigenvalue weighted by molar-refractivity contribution is -0.118. The molecule has 0 atom stereocenters. The summed E-state index contributed by atoms with van der Waals surface area (Å²) in [7, 11) is -2.23. The van der Waals surface area contributed by atoms with E-state index in [0.29, 0.717) is 5.75 Å². The molecular formula is C14H22N2O4S. The molecule has 1 amide bonds. The summed E-state index contributed by atoms with van der Waals surface area (Å²) in [5.74, 6) is 0.393. The highest BCUT2D eigenvalue weighted by Gasteiger charge is 2.19. The van der Waals surface area contributed by atoms with Gasteiger partial charge in [-0.3, -0.25) is 4.79 Å². The van der Waals surface area contributed by atoms with Gasteiger partial charge in [-0.25, -0.2) is 13.1 Å². The van der Waals surface area contributed by atoms with Gasteiger partial charge in [-0.15, -0.1) is 0 Å². The Morgan fingerprint density at radius 1 is 1.29 bits per heavy atom. The monoisotopic (exact) mass is 314 g/mol. The number of sulfonamides is 1. The largest absolute Gasteiger partial charge is 0.495 e. The van der Waals surface area contributed by atoms with Gasteiger partial charge in [-0.1, -0.05) is 19.9 Å². The number of carbonyl (C=O) groups is 1. The molecule has 6 nitrogen and oxygen atoms in total. The number of benzene rings is 1. The van der Waals surface area contributed by atoms with E-state index in [1.165, 1.54) is 20.1 Å². The van der Waals surface area contributed by atoms with Crippen molar-refractivity contribution in [3.05, 3.63) is 23.8 Å². The summed E-state index contributed by atoms with van der Waals surface area (Å²) in [6.07, 6.45) is 0. The van der Waals surface area contributed by atoms with Crippen LogP contribution in [0.4, 0.5) is 0 Å². The molecule has 1 aromatic rings. The molecule has 0 aliphatic rings. The zero-order valence-electron chi connectivity index (χ0n) is 12.8. The van der Waals surface area contributed by atoms with Crippen LogP contribution in [0, 0.1) is 0 Å². The van der Waals surface area contributed by atoms with Gasteiger partial charge in [-0.05, 0) is 23.6 Å². The second-order valence-corrected chi connectivity index (χ2v) is 6.68. The van der Waals surface area contributed by atoms with Gasteiger partial charge in [0.15, 0.2) is 0 Å². The van der Waals surface area contributed by atoms with E-state index in [1.807, 2.05) is 13.8 Å². The summed E-state index contributed by atoms with van der Waals surface area (Å²) in [6.45, 7) is 5.78. The predicted octanol–water partition coefficient (Wildman–Crippen LogP) is 1.23. The molecular weight excluding hydrogens is 292 g/mol. The fraction of sp³-hybridized carbons (Fsp3) is 0.500. The lowest BCUT2D eigenvalue weighted by atomic mass is 10.0. The fourth-order valence-corrected chi connectivity index (χ4v) is 2.95. The molecule has 0 aromatic heterocycles. The number of methoxy groups -OCH3 is 1. The highest BCUT2D eigenvalue weighted by Crippen LogP contribution is 2.27. The van der Waals surface area contributed by atoms with Crippen molar-refractivity contribution in [1.29, 1.82) is 0 Å². The molecule has 0 unspecified atom stereocenters. The maximum Gasteiger partial charge on any atom is 0.244 e. The van der Waals surface area contributed by atoms with Gasteiger partial charge in [0.25, 0.3) is 0 Å². The zero-order valence-corrected chi connectivity index (χ0v) is 13.6. The molecule has 0 aliphatic heterocycles. The summed E-state index contributed by atoms with van der Waals surface area (Å²) in [6, 6.07) is 5.04. The summed E-state index contributed by atoms with van der Waals surface area (Å²) in [4.78, 5) is 10.8. The number of carbonyl (C=O) groups excluding carboxylic acids is 1. The molecule has 0 saturated carbocycles. The fourth-order valence-electron chi connectivity index (χ4n) is 1.77. The molecule has 118 valence electrons. The van der Waals surface area contributed by atoms with Crippen molar-refractivity contribution in [2.24, 2.45) is 0 Å². The highest BCUT2D eigenvalue weighted by atomic mass is 32.2. The molecule has 21 heavy (non-hydrogen) atoms. The molecule has 0 aliphatic carbocycles. The molecule has 1 aromatic carbocycles. The molecule has 2 N–H and O–H groups in total. The molecule has 0 saturated heterocycles. The van der Waals surface area contributed by atoms with E-state index in [-0.39, 0.29) is 29.8 Å². The predicted molar refractivity (Wildman–Crippen MR) is 81.0 cm³/mol. The minimum atomic E-state index is -3.67. The summed E-state index contributed by atoms with van der Waals surface area (Å²) in [5.41, 5.74) is 1.00. The van der Waals surface area contributed by atoms with E-state index in [0.717, 1.165) is 5.56 Å². The number of ether oxygens (including phenoxy) is 1. The Morgan fingerprint density at radius 2 is 1.95 bits per heavy atom. The van der Waals surface area contributed by atoms with Crippen molar-refractivity contribution in [1.82, 2.24) is 10.0 Å². The number of hydrogen-bond donors (Lipinski definition) is 2. The molecule has 0 fully saturated rings.